The summed E-state index contributed by atoms with van der Waals surface area (Å²) in [6.07, 6.45) is 0. The van der Waals surface area contributed by atoms with Crippen molar-refractivity contribution in [2.75, 3.05) is 41.3 Å². The molecule has 0 unspecified atom stereocenters. The Bertz CT molecular complexity index is 1260. The highest BCUT2D eigenvalue weighted by atomic mass is 79.9. The number of ketones is 2. The Morgan fingerprint density at radius 2 is 0.725 bits per heavy atom. The van der Waals surface area contributed by atoms with Crippen molar-refractivity contribution in [3.63, 3.8) is 0 Å². The molecule has 4 aromatic carbocycles. The summed E-state index contributed by atoms with van der Waals surface area (Å²) in [6, 6.07) is 34.9. The fourth-order valence-electron chi connectivity index (χ4n) is 4.72. The number of likely N-dealkylation sites (N-methyl/N-ethyl adjacent to an activating group) is 2. The summed E-state index contributed by atoms with van der Waals surface area (Å²) in [4.78, 5) is 25.4. The van der Waals surface area contributed by atoms with E-state index < -0.39 is 0 Å². The molecule has 0 heterocycles. The van der Waals surface area contributed by atoms with E-state index in [9.17, 15) is 9.59 Å². The number of halogens is 2. The number of rotatable bonds is 11. The number of quaternary nitrogens is 2. The second-order valence-corrected chi connectivity index (χ2v) is 11.4. The van der Waals surface area contributed by atoms with E-state index in [1.807, 2.05) is 84.9 Å². The summed E-state index contributed by atoms with van der Waals surface area (Å²) in [5.74, 6) is 0.116. The highest BCUT2D eigenvalue weighted by molar-refractivity contribution is 6.09. The van der Waals surface area contributed by atoms with Crippen molar-refractivity contribution in [1.82, 2.24) is 0 Å². The van der Waals surface area contributed by atoms with Crippen LogP contribution in [0.4, 0.5) is 0 Å². The summed E-state index contributed by atoms with van der Waals surface area (Å²) in [5.41, 5.74) is 5.33. The molecule has 0 aromatic heterocycles. The summed E-state index contributed by atoms with van der Waals surface area (Å²) in [7, 11) is 9.03. The average molecular weight is 666 g/mol. The minimum atomic E-state index is 0. The maximum atomic E-state index is 12.7. The van der Waals surface area contributed by atoms with Crippen LogP contribution in [0.2, 0.25) is 0 Å². The van der Waals surface area contributed by atoms with Crippen LogP contribution in [0.25, 0.3) is 0 Å². The molecule has 0 saturated heterocycles. The molecule has 0 spiro atoms. The van der Waals surface area contributed by atoms with E-state index in [0.29, 0.717) is 11.1 Å². The molecule has 4 nitrogen and oxygen atoms in total. The lowest BCUT2D eigenvalue weighted by Crippen LogP contribution is -3.00. The third-order valence-corrected chi connectivity index (χ3v) is 7.04. The van der Waals surface area contributed by atoms with E-state index in [1.165, 1.54) is 11.1 Å². The minimum Gasteiger partial charge on any atom is -1.00 e. The van der Waals surface area contributed by atoms with Gasteiger partial charge in [0.2, 0.25) is 0 Å². The summed E-state index contributed by atoms with van der Waals surface area (Å²) in [6.45, 7) is 3.83. The summed E-state index contributed by atoms with van der Waals surface area (Å²) < 4.78 is 1.72. The Morgan fingerprint density at radius 3 is 1.02 bits per heavy atom. The number of benzene rings is 4. The summed E-state index contributed by atoms with van der Waals surface area (Å²) >= 11 is 0. The van der Waals surface area contributed by atoms with Gasteiger partial charge in [0, 0.05) is 33.4 Å². The molecule has 0 saturated carbocycles. The van der Waals surface area contributed by atoms with E-state index in [1.54, 1.807) is 0 Å². The predicted molar refractivity (Wildman–Crippen MR) is 154 cm³/mol. The van der Waals surface area contributed by atoms with Crippen LogP contribution in [0.15, 0.2) is 109 Å². The van der Waals surface area contributed by atoms with Gasteiger partial charge in [0.05, 0.1) is 28.2 Å². The SMILES string of the molecule is C[N+](C)(CC[N+](C)(C)Cc1ccc(C(=O)c2ccccc2)cc1)Cc1ccc(C(=O)c2ccccc2)cc1.[Br-].[Br-]. The first-order valence-corrected chi connectivity index (χ1v) is 13.1. The topological polar surface area (TPSA) is 34.1 Å². The first-order chi connectivity index (χ1) is 18.1. The van der Waals surface area contributed by atoms with Gasteiger partial charge in [0.25, 0.3) is 0 Å². The third kappa shape index (κ3) is 9.34. The zero-order valence-electron chi connectivity index (χ0n) is 23.7. The lowest BCUT2D eigenvalue weighted by molar-refractivity contribution is -0.958. The van der Waals surface area contributed by atoms with Crippen LogP contribution in [0.3, 0.4) is 0 Å². The van der Waals surface area contributed by atoms with Gasteiger partial charge in [0.15, 0.2) is 11.6 Å². The maximum Gasteiger partial charge on any atom is 0.193 e. The number of nitrogens with zero attached hydrogens (tertiary/aromatic N) is 2. The van der Waals surface area contributed by atoms with Gasteiger partial charge in [-0.3, -0.25) is 9.59 Å². The van der Waals surface area contributed by atoms with Gasteiger partial charge < -0.3 is 42.9 Å². The van der Waals surface area contributed by atoms with Gasteiger partial charge in [-0.25, -0.2) is 0 Å². The van der Waals surface area contributed by atoms with Crippen LogP contribution < -0.4 is 34.0 Å². The standard InChI is InChI=1S/C34H38N2O2.2BrH/c1-35(2,25-27-15-19-31(20-16-27)33(37)29-11-7-5-8-12-29)23-24-36(3,4)26-28-17-21-32(22-18-28)34(38)30-13-9-6-10-14-30;;/h5-22H,23-26H2,1-4H3;2*1H/q+2;;/p-2. The van der Waals surface area contributed by atoms with Gasteiger partial charge in [0.1, 0.15) is 26.2 Å². The molecule has 0 aliphatic rings. The lowest BCUT2D eigenvalue weighted by atomic mass is 10.0. The number of carbonyl (C=O) groups is 2. The van der Waals surface area contributed by atoms with Crippen molar-refractivity contribution in [1.29, 1.82) is 0 Å². The first-order valence-electron chi connectivity index (χ1n) is 13.1. The van der Waals surface area contributed by atoms with Crippen molar-refractivity contribution in [3.05, 3.63) is 143 Å². The Labute approximate surface area is 260 Å². The average Bonchev–Trinajstić information content (AvgIpc) is 2.93. The predicted octanol–water partition coefficient (Wildman–Crippen LogP) is 0.00960. The van der Waals surface area contributed by atoms with Crippen LogP contribution >= 0.6 is 0 Å². The molecule has 0 aliphatic heterocycles. The lowest BCUT2D eigenvalue weighted by Gasteiger charge is -2.36. The molecule has 0 fully saturated rings. The zero-order valence-corrected chi connectivity index (χ0v) is 26.9. The molecule has 0 radical (unpaired) electrons. The van der Waals surface area contributed by atoms with E-state index >= 15 is 0 Å². The van der Waals surface area contributed by atoms with Gasteiger partial charge in [-0.1, -0.05) is 109 Å². The van der Waals surface area contributed by atoms with Gasteiger partial charge in [-0.15, -0.1) is 0 Å². The normalized spacial score (nSPS) is 11.2. The number of hydrogen-bond donors (Lipinski definition) is 0. The van der Waals surface area contributed by atoms with Gasteiger partial charge in [-0.2, -0.15) is 0 Å². The van der Waals surface area contributed by atoms with Crippen molar-refractivity contribution in [2.24, 2.45) is 0 Å². The zero-order chi connectivity index (χ0) is 27.2. The number of carbonyl (C=O) groups excluding carboxylic acids is 2. The number of hydrogen-bond acceptors (Lipinski definition) is 2. The van der Waals surface area contributed by atoms with Gasteiger partial charge >= 0.3 is 0 Å². The monoisotopic (exact) mass is 664 g/mol. The molecule has 0 bridgehead atoms. The highest BCUT2D eigenvalue weighted by Crippen LogP contribution is 2.17. The maximum absolute atomic E-state index is 12.7. The third-order valence-electron chi connectivity index (χ3n) is 7.04. The Morgan fingerprint density at radius 1 is 0.450 bits per heavy atom. The van der Waals surface area contributed by atoms with E-state index in [4.69, 9.17) is 0 Å². The molecule has 4 aromatic rings. The second kappa shape index (κ2) is 14.6. The Balaban J connectivity index is 0.00000280. The van der Waals surface area contributed by atoms with Crippen molar-refractivity contribution < 1.29 is 52.5 Å². The fraction of sp³-hybridized carbons (Fsp3) is 0.235. The molecule has 210 valence electrons. The van der Waals surface area contributed by atoms with Gasteiger partial charge in [-0.05, 0) is 0 Å². The fourth-order valence-corrected chi connectivity index (χ4v) is 4.72. The first kappa shape index (κ1) is 33.3. The second-order valence-electron chi connectivity index (χ2n) is 11.4. The molecule has 6 heteroatoms. The molecule has 4 rings (SSSR count). The quantitative estimate of drug-likeness (QED) is 0.167. The molecular formula is C34H38Br2N2O2. The van der Waals surface area contributed by atoms with Crippen molar-refractivity contribution in [3.8, 4) is 0 Å². The minimum absolute atomic E-state index is 0. The molecule has 0 amide bonds. The Hall–Kier alpha value is -2.90. The van der Waals surface area contributed by atoms with Crippen LogP contribution in [0.1, 0.15) is 43.0 Å². The molecular weight excluding hydrogens is 628 g/mol. The van der Waals surface area contributed by atoms with E-state index in [-0.39, 0.29) is 45.5 Å². The molecule has 0 N–H and O–H groups in total. The summed E-state index contributed by atoms with van der Waals surface area (Å²) in [5, 5.41) is 0. The van der Waals surface area contributed by atoms with Crippen LogP contribution in [0, 0.1) is 0 Å². The van der Waals surface area contributed by atoms with Crippen molar-refractivity contribution in [2.45, 2.75) is 13.1 Å². The largest absolute Gasteiger partial charge is 1.00 e. The molecule has 0 aliphatic carbocycles. The Kier molecular flexibility index (Phi) is 12.2. The van der Waals surface area contributed by atoms with E-state index in [0.717, 1.165) is 46.3 Å². The highest BCUT2D eigenvalue weighted by Gasteiger charge is 2.24. The van der Waals surface area contributed by atoms with E-state index in [2.05, 4.69) is 52.5 Å². The van der Waals surface area contributed by atoms with Crippen LogP contribution in [0.5, 0.6) is 0 Å². The van der Waals surface area contributed by atoms with Crippen LogP contribution in [-0.2, 0) is 13.1 Å². The smallest absolute Gasteiger partial charge is 0.193 e. The van der Waals surface area contributed by atoms with Crippen molar-refractivity contribution >= 4 is 11.6 Å². The molecule has 0 atom stereocenters. The molecule has 40 heavy (non-hydrogen) atoms. The van der Waals surface area contributed by atoms with Crippen LogP contribution in [-0.4, -0.2) is 61.8 Å².